The summed E-state index contributed by atoms with van der Waals surface area (Å²) in [4.78, 5) is 20.2. The van der Waals surface area contributed by atoms with Crippen LogP contribution in [0.2, 0.25) is 36.3 Å². The number of nitrogens with zero attached hydrogens (tertiary/aromatic N) is 2. The highest BCUT2D eigenvalue weighted by Crippen LogP contribution is 2.54. The Kier molecular flexibility index (Phi) is 10.2. The Hall–Kier alpha value is -2.86. The molecule has 2 unspecified atom stereocenters. The molecule has 51 heavy (non-hydrogen) atoms. The smallest absolute Gasteiger partial charge is 0.291 e. The second kappa shape index (κ2) is 13.2. The average Bonchev–Trinajstić information content (AvgIpc) is 3.61. The monoisotopic (exact) mass is 732 g/mol. The van der Waals surface area contributed by atoms with Crippen LogP contribution in [0.15, 0.2) is 42.6 Å². The molecule has 3 N–H and O–H groups in total. The Labute approximate surface area is 307 Å². The topological polar surface area (TPSA) is 129 Å². The first-order valence-electron chi connectivity index (χ1n) is 18.3. The lowest BCUT2D eigenvalue weighted by atomic mass is 9.73. The van der Waals surface area contributed by atoms with E-state index in [1.54, 1.807) is 0 Å². The molecule has 2 aliphatic heterocycles. The number of anilines is 1. The van der Waals surface area contributed by atoms with Crippen LogP contribution in [0.4, 0.5) is 5.69 Å². The van der Waals surface area contributed by atoms with Gasteiger partial charge >= 0.3 is 0 Å². The Morgan fingerprint density at radius 3 is 2.06 bits per heavy atom. The molecular formula is C40H60N4O5Si2. The van der Waals surface area contributed by atoms with Crippen LogP contribution >= 0.6 is 0 Å². The van der Waals surface area contributed by atoms with Gasteiger partial charge in [0.05, 0.1) is 25.0 Å². The molecule has 1 aliphatic carbocycles. The third-order valence-electron chi connectivity index (χ3n) is 12.3. The van der Waals surface area contributed by atoms with Gasteiger partial charge in [0.2, 0.25) is 0 Å². The first kappa shape index (κ1) is 39.4. The van der Waals surface area contributed by atoms with E-state index >= 15 is 0 Å². The number of amides is 1. The number of rotatable bonds is 10. The Morgan fingerprint density at radius 2 is 1.59 bits per heavy atom. The van der Waals surface area contributed by atoms with E-state index in [-0.39, 0.29) is 27.0 Å². The molecule has 1 saturated heterocycles. The lowest BCUT2D eigenvalue weighted by Gasteiger charge is -2.51. The molecule has 2 atom stereocenters. The number of aromatic nitrogens is 2. The fraction of sp³-hybridized carbons (Fsp3) is 0.625. The van der Waals surface area contributed by atoms with Crippen LogP contribution in [0.25, 0.3) is 5.57 Å². The van der Waals surface area contributed by atoms with Gasteiger partial charge in [0.25, 0.3) is 5.91 Å². The van der Waals surface area contributed by atoms with Gasteiger partial charge < -0.3 is 29.0 Å². The highest BCUT2D eigenvalue weighted by Gasteiger charge is 2.59. The van der Waals surface area contributed by atoms with Crippen molar-refractivity contribution >= 4 is 33.8 Å². The number of aromatic amines is 1. The van der Waals surface area contributed by atoms with Crippen molar-refractivity contribution in [1.82, 2.24) is 9.97 Å². The third-order valence-corrected chi connectivity index (χ3v) is 21.2. The summed E-state index contributed by atoms with van der Waals surface area (Å²) in [5.74, 6) is -0.365. The summed E-state index contributed by atoms with van der Waals surface area (Å²) in [7, 11) is -4.29. The average molecular weight is 733 g/mol. The number of nitriles is 1. The molecule has 1 fully saturated rings. The Balaban J connectivity index is 1.55. The lowest BCUT2D eigenvalue weighted by Crippen LogP contribution is -2.58. The maximum absolute atomic E-state index is 13.3. The minimum atomic E-state index is -2.15. The molecule has 1 aromatic carbocycles. The third kappa shape index (κ3) is 8.22. The van der Waals surface area contributed by atoms with E-state index in [1.165, 1.54) is 6.20 Å². The lowest BCUT2D eigenvalue weighted by molar-refractivity contribution is -0.217. The molecule has 1 amide bonds. The van der Waals surface area contributed by atoms with Crippen LogP contribution in [-0.4, -0.2) is 62.0 Å². The quantitative estimate of drug-likeness (QED) is 0.164. The van der Waals surface area contributed by atoms with E-state index < -0.39 is 39.3 Å². The summed E-state index contributed by atoms with van der Waals surface area (Å²) < 4.78 is 20.7. The number of hydrogen-bond acceptors (Lipinski definition) is 7. The second-order valence-electron chi connectivity index (χ2n) is 19.1. The van der Waals surface area contributed by atoms with Gasteiger partial charge in [-0.1, -0.05) is 79.7 Å². The number of aliphatic hydroxyl groups is 1. The number of carbonyl (C=O) groups is 1. The largest absolute Gasteiger partial charge is 0.414 e. The molecule has 3 heterocycles. The number of hydrogen-bond donors (Lipinski definition) is 3. The SMILES string of the molecule is CC1(C)CC=C(c2cc(C3(O)CC4(CO[Si](C)(C)C(C)(C)C)C=CC(CO[Si](C)(C)C(C)(C)C)(C3)O4)ccc2NC(=O)c2ncc(C#N)[nH]2)CC1. The van der Waals surface area contributed by atoms with Crippen LogP contribution in [0, 0.1) is 16.7 Å². The number of fused-ring (bicyclic) bond motifs is 2. The molecule has 2 aromatic rings. The number of benzene rings is 1. The van der Waals surface area contributed by atoms with Crippen LogP contribution in [0.1, 0.15) is 115 Å². The molecule has 3 aliphatic rings. The number of allylic oxidation sites excluding steroid dienone is 2. The predicted octanol–water partition coefficient (Wildman–Crippen LogP) is 9.22. The summed E-state index contributed by atoms with van der Waals surface area (Å²) in [6, 6.07) is 7.85. The number of imidazole rings is 1. The van der Waals surface area contributed by atoms with Gasteiger partial charge in [0.15, 0.2) is 22.5 Å². The standard InChI is InChI=1S/C40H60N4O5Si2/c1-35(2,3)50(9,10)47-26-38-19-20-39(49-38,27-48-51(11,12)36(4,5)6)25-40(46,24-38)29-13-14-32(44-34(45)33-42-23-30(22-41)43-33)31(21-29)28-15-17-37(7,8)18-16-28/h13-15,19-21,23,46H,16-18,24-27H2,1-12H3,(H,42,43)(H,44,45). The predicted molar refractivity (Wildman–Crippen MR) is 208 cm³/mol. The van der Waals surface area contributed by atoms with Crippen molar-refractivity contribution in [1.29, 1.82) is 5.26 Å². The van der Waals surface area contributed by atoms with E-state index in [4.69, 9.17) is 13.6 Å². The van der Waals surface area contributed by atoms with E-state index in [9.17, 15) is 15.2 Å². The van der Waals surface area contributed by atoms with Gasteiger partial charge in [0.1, 0.15) is 23.0 Å². The highest BCUT2D eigenvalue weighted by atomic mass is 28.4. The van der Waals surface area contributed by atoms with Crippen molar-refractivity contribution in [3.05, 3.63) is 65.3 Å². The summed E-state index contributed by atoms with van der Waals surface area (Å²) >= 11 is 0. The van der Waals surface area contributed by atoms with Crippen LogP contribution in [-0.2, 0) is 19.2 Å². The molecule has 2 bridgehead atoms. The van der Waals surface area contributed by atoms with Gasteiger partial charge in [-0.15, -0.1) is 0 Å². The molecule has 9 nitrogen and oxygen atoms in total. The maximum atomic E-state index is 13.3. The highest BCUT2D eigenvalue weighted by molar-refractivity contribution is 6.74. The fourth-order valence-corrected chi connectivity index (χ4v) is 8.80. The van der Waals surface area contributed by atoms with Crippen LogP contribution in [0.3, 0.4) is 0 Å². The van der Waals surface area contributed by atoms with Crippen LogP contribution in [0.5, 0.6) is 0 Å². The van der Waals surface area contributed by atoms with E-state index in [1.807, 2.05) is 18.2 Å². The summed E-state index contributed by atoms with van der Waals surface area (Å²) in [6.45, 7) is 27.6. The zero-order valence-corrected chi connectivity index (χ0v) is 35.0. The first-order valence-corrected chi connectivity index (χ1v) is 24.2. The zero-order valence-electron chi connectivity index (χ0n) is 33.0. The molecule has 1 aromatic heterocycles. The van der Waals surface area contributed by atoms with Gasteiger partial charge in [0, 0.05) is 24.1 Å². The second-order valence-corrected chi connectivity index (χ2v) is 28.7. The minimum absolute atomic E-state index is 0.0166. The first-order chi connectivity index (χ1) is 23.3. The molecular weight excluding hydrogens is 673 g/mol. The van der Waals surface area contributed by atoms with Crippen molar-refractivity contribution in [3.8, 4) is 6.07 Å². The molecule has 0 saturated carbocycles. The van der Waals surface area contributed by atoms with E-state index in [0.717, 1.165) is 36.0 Å². The fourth-order valence-electron chi connectivity index (χ4n) is 6.72. The van der Waals surface area contributed by atoms with Crippen molar-refractivity contribution < 1.29 is 23.5 Å². The normalized spacial score (nSPS) is 26.5. The van der Waals surface area contributed by atoms with Crippen molar-refractivity contribution in [2.24, 2.45) is 5.41 Å². The van der Waals surface area contributed by atoms with Crippen molar-refractivity contribution in [2.75, 3.05) is 18.5 Å². The molecule has 11 heteroatoms. The van der Waals surface area contributed by atoms with Gasteiger partial charge in [-0.05, 0) is 84.2 Å². The molecule has 5 rings (SSSR count). The van der Waals surface area contributed by atoms with E-state index in [0.29, 0.717) is 31.7 Å². The van der Waals surface area contributed by atoms with Gasteiger partial charge in [-0.25, -0.2) is 4.98 Å². The Morgan fingerprint density at radius 1 is 1.02 bits per heavy atom. The Bertz CT molecular complexity index is 1710. The molecule has 278 valence electrons. The number of H-pyrrole nitrogens is 1. The molecule has 0 spiro atoms. The maximum Gasteiger partial charge on any atom is 0.291 e. The number of nitrogens with one attached hydrogen (secondary N) is 2. The van der Waals surface area contributed by atoms with E-state index in [2.05, 4.69) is 121 Å². The number of ether oxygens (including phenoxy) is 1. The summed E-state index contributed by atoms with van der Waals surface area (Å²) in [6.07, 6.45) is 11.3. The zero-order chi connectivity index (χ0) is 37.9. The van der Waals surface area contributed by atoms with Crippen LogP contribution < -0.4 is 5.32 Å². The molecule has 0 radical (unpaired) electrons. The number of carbonyl (C=O) groups excluding carboxylic acids is 1. The minimum Gasteiger partial charge on any atom is -0.414 e. The van der Waals surface area contributed by atoms with Crippen molar-refractivity contribution in [2.45, 2.75) is 141 Å². The van der Waals surface area contributed by atoms with Gasteiger partial charge in [-0.2, -0.15) is 5.26 Å². The van der Waals surface area contributed by atoms with Crippen molar-refractivity contribution in [3.63, 3.8) is 0 Å². The summed E-state index contributed by atoms with van der Waals surface area (Å²) in [5, 5.41) is 25.3. The summed E-state index contributed by atoms with van der Waals surface area (Å²) in [5.41, 5.74) is 0.869. The van der Waals surface area contributed by atoms with Gasteiger partial charge in [-0.3, -0.25) is 4.79 Å².